The molecule has 0 unspecified atom stereocenters. The first-order valence-corrected chi connectivity index (χ1v) is 5.85. The maximum absolute atomic E-state index is 12.4. The number of β-amino-alcohol motifs (C(OH)–C–C–N with tert-alkyl or cyclic N) is 1. The van der Waals surface area contributed by atoms with Crippen LogP contribution in [0.2, 0.25) is 0 Å². The third kappa shape index (κ3) is 2.37. The van der Waals surface area contributed by atoms with Gasteiger partial charge in [-0.1, -0.05) is 25.2 Å². The van der Waals surface area contributed by atoms with Gasteiger partial charge < -0.3 is 10.0 Å². The fourth-order valence-electron chi connectivity index (χ4n) is 1.72. The van der Waals surface area contributed by atoms with Crippen LogP contribution in [0.3, 0.4) is 0 Å². The maximum atomic E-state index is 12.4. The van der Waals surface area contributed by atoms with Crippen molar-refractivity contribution in [1.82, 2.24) is 10.2 Å². The summed E-state index contributed by atoms with van der Waals surface area (Å²) in [6, 6.07) is 0. The molecule has 1 aliphatic rings. The molecule has 0 saturated carbocycles. The fourth-order valence-corrected chi connectivity index (χ4v) is 2.44. The van der Waals surface area contributed by atoms with E-state index in [0.717, 1.165) is 0 Å². The molecular weight excluding hydrogens is 255 g/mol. The van der Waals surface area contributed by atoms with Gasteiger partial charge in [0.25, 0.3) is 0 Å². The molecule has 1 N–H and O–H groups in total. The molecule has 0 bridgehead atoms. The standard InChI is InChI=1S/C9H12F3N3OS/c1-8(2)4-15(3-5(8)16)7-14-13-6(17-7)9(10,11)12/h5,16H,3-4H2,1-2H3/t5-/m1/s1. The molecule has 1 aromatic rings. The summed E-state index contributed by atoms with van der Waals surface area (Å²) in [4.78, 5) is 1.64. The summed E-state index contributed by atoms with van der Waals surface area (Å²) in [5.74, 6) is 0. The fraction of sp³-hybridized carbons (Fsp3) is 0.778. The van der Waals surface area contributed by atoms with Crippen molar-refractivity contribution >= 4 is 16.5 Å². The van der Waals surface area contributed by atoms with E-state index in [2.05, 4.69) is 10.2 Å². The van der Waals surface area contributed by atoms with Crippen molar-refractivity contribution in [3.8, 4) is 0 Å². The van der Waals surface area contributed by atoms with E-state index in [1.807, 2.05) is 13.8 Å². The van der Waals surface area contributed by atoms with Crippen molar-refractivity contribution in [3.05, 3.63) is 5.01 Å². The van der Waals surface area contributed by atoms with Crippen molar-refractivity contribution < 1.29 is 18.3 Å². The van der Waals surface area contributed by atoms with Crippen molar-refractivity contribution in [2.24, 2.45) is 5.41 Å². The van der Waals surface area contributed by atoms with E-state index < -0.39 is 17.3 Å². The number of alkyl halides is 3. The molecule has 2 rings (SSSR count). The summed E-state index contributed by atoms with van der Waals surface area (Å²) in [6.07, 6.45) is -5.02. The molecule has 0 spiro atoms. The van der Waals surface area contributed by atoms with Crippen molar-refractivity contribution in [3.63, 3.8) is 0 Å². The second-order valence-electron chi connectivity index (χ2n) is 4.77. The van der Waals surface area contributed by atoms with Crippen LogP contribution in [0.4, 0.5) is 18.3 Å². The molecule has 1 aromatic heterocycles. The number of rotatable bonds is 1. The minimum Gasteiger partial charge on any atom is -0.391 e. The highest BCUT2D eigenvalue weighted by atomic mass is 32.1. The van der Waals surface area contributed by atoms with Crippen LogP contribution >= 0.6 is 11.3 Å². The van der Waals surface area contributed by atoms with Gasteiger partial charge in [-0.2, -0.15) is 13.2 Å². The molecule has 4 nitrogen and oxygen atoms in total. The molecule has 1 atom stereocenters. The monoisotopic (exact) mass is 267 g/mol. The van der Waals surface area contributed by atoms with Crippen LogP contribution in [0.15, 0.2) is 0 Å². The Balaban J connectivity index is 2.18. The largest absolute Gasteiger partial charge is 0.445 e. The second-order valence-corrected chi connectivity index (χ2v) is 5.73. The van der Waals surface area contributed by atoms with Crippen LogP contribution in [0.1, 0.15) is 18.9 Å². The van der Waals surface area contributed by atoms with Gasteiger partial charge in [-0.05, 0) is 0 Å². The van der Waals surface area contributed by atoms with Crippen LogP contribution in [-0.4, -0.2) is 34.5 Å². The Morgan fingerprint density at radius 3 is 2.47 bits per heavy atom. The van der Waals surface area contributed by atoms with Crippen LogP contribution in [0.25, 0.3) is 0 Å². The molecule has 0 radical (unpaired) electrons. The first-order chi connectivity index (χ1) is 7.70. The summed E-state index contributed by atoms with van der Waals surface area (Å²) in [5, 5.41) is 15.7. The van der Waals surface area contributed by atoms with Crippen LogP contribution in [0.5, 0.6) is 0 Å². The van der Waals surface area contributed by atoms with E-state index in [-0.39, 0.29) is 10.5 Å². The number of aliphatic hydroxyl groups excluding tert-OH is 1. The van der Waals surface area contributed by atoms with E-state index in [1.165, 1.54) is 0 Å². The molecule has 17 heavy (non-hydrogen) atoms. The van der Waals surface area contributed by atoms with E-state index >= 15 is 0 Å². The predicted molar refractivity (Wildman–Crippen MR) is 56.9 cm³/mol. The summed E-state index contributed by atoms with van der Waals surface area (Å²) >= 11 is 0.507. The SMILES string of the molecule is CC1(C)CN(c2nnc(C(F)(F)F)s2)C[C@H]1O. The molecule has 0 amide bonds. The minimum absolute atomic E-state index is 0.210. The lowest BCUT2D eigenvalue weighted by Crippen LogP contribution is -2.26. The molecule has 0 aromatic carbocycles. The van der Waals surface area contributed by atoms with Gasteiger partial charge in [0.15, 0.2) is 0 Å². The van der Waals surface area contributed by atoms with Crippen LogP contribution < -0.4 is 4.90 Å². The van der Waals surface area contributed by atoms with Gasteiger partial charge in [0.1, 0.15) is 0 Å². The number of aromatic nitrogens is 2. The molecule has 96 valence electrons. The van der Waals surface area contributed by atoms with Gasteiger partial charge in [-0.15, -0.1) is 10.2 Å². The third-order valence-corrected chi connectivity index (χ3v) is 3.85. The molecular formula is C9H12F3N3OS. The normalized spacial score (nSPS) is 24.4. The smallest absolute Gasteiger partial charge is 0.391 e. The average molecular weight is 267 g/mol. The number of hydrogen-bond donors (Lipinski definition) is 1. The van der Waals surface area contributed by atoms with Gasteiger partial charge in [0.2, 0.25) is 10.1 Å². The number of anilines is 1. The molecule has 8 heteroatoms. The molecule has 1 aliphatic heterocycles. The summed E-state index contributed by atoms with van der Waals surface area (Å²) < 4.78 is 37.1. The van der Waals surface area contributed by atoms with Gasteiger partial charge in [0.05, 0.1) is 6.10 Å². The molecule has 1 saturated heterocycles. The Kier molecular flexibility index (Phi) is 2.81. The average Bonchev–Trinajstić information content (AvgIpc) is 2.71. The predicted octanol–water partition coefficient (Wildman–Crippen LogP) is 1.76. The van der Waals surface area contributed by atoms with Gasteiger partial charge in [0, 0.05) is 18.5 Å². The Morgan fingerprint density at radius 2 is 2.06 bits per heavy atom. The van der Waals surface area contributed by atoms with Gasteiger partial charge in [-0.25, -0.2) is 0 Å². The number of aliphatic hydroxyl groups is 1. The lowest BCUT2D eigenvalue weighted by atomic mass is 9.90. The zero-order valence-electron chi connectivity index (χ0n) is 9.32. The molecule has 1 fully saturated rings. The Bertz CT molecular complexity index is 418. The van der Waals surface area contributed by atoms with Crippen molar-refractivity contribution in [2.45, 2.75) is 26.1 Å². The Labute approximate surface area is 100 Å². The minimum atomic E-state index is -4.45. The topological polar surface area (TPSA) is 49.2 Å². The highest BCUT2D eigenvalue weighted by Gasteiger charge is 2.41. The number of halogens is 3. The maximum Gasteiger partial charge on any atom is 0.445 e. The molecule has 0 aliphatic carbocycles. The first-order valence-electron chi connectivity index (χ1n) is 5.04. The van der Waals surface area contributed by atoms with E-state index in [9.17, 15) is 18.3 Å². The van der Waals surface area contributed by atoms with E-state index in [4.69, 9.17) is 0 Å². The summed E-state index contributed by atoms with van der Waals surface area (Å²) in [6.45, 7) is 4.49. The summed E-state index contributed by atoms with van der Waals surface area (Å²) in [7, 11) is 0. The Morgan fingerprint density at radius 1 is 1.41 bits per heavy atom. The number of nitrogens with zero attached hydrogens (tertiary/aromatic N) is 3. The lowest BCUT2D eigenvalue weighted by molar-refractivity contribution is -0.138. The van der Waals surface area contributed by atoms with Crippen molar-refractivity contribution in [1.29, 1.82) is 0 Å². The zero-order valence-corrected chi connectivity index (χ0v) is 10.1. The summed E-state index contributed by atoms with van der Waals surface area (Å²) in [5.41, 5.74) is -0.343. The Hall–Kier alpha value is -0.890. The third-order valence-electron chi connectivity index (χ3n) is 2.82. The van der Waals surface area contributed by atoms with Crippen molar-refractivity contribution in [2.75, 3.05) is 18.0 Å². The highest BCUT2D eigenvalue weighted by molar-refractivity contribution is 7.15. The highest BCUT2D eigenvalue weighted by Crippen LogP contribution is 2.38. The van der Waals surface area contributed by atoms with E-state index in [1.54, 1.807) is 4.90 Å². The first kappa shape index (κ1) is 12.6. The second kappa shape index (κ2) is 3.81. The van der Waals surface area contributed by atoms with Crippen LogP contribution in [-0.2, 0) is 6.18 Å². The number of hydrogen-bond acceptors (Lipinski definition) is 5. The van der Waals surface area contributed by atoms with Gasteiger partial charge in [-0.3, -0.25) is 0 Å². The quantitative estimate of drug-likeness (QED) is 0.842. The van der Waals surface area contributed by atoms with E-state index in [0.29, 0.717) is 24.4 Å². The van der Waals surface area contributed by atoms with Gasteiger partial charge >= 0.3 is 6.18 Å². The zero-order chi connectivity index (χ0) is 12.8. The molecule has 2 heterocycles. The lowest BCUT2D eigenvalue weighted by Gasteiger charge is -2.20. The van der Waals surface area contributed by atoms with Crippen LogP contribution in [0, 0.1) is 5.41 Å².